The fourth-order valence-electron chi connectivity index (χ4n) is 2.84. The van der Waals surface area contributed by atoms with Gasteiger partial charge in [-0.2, -0.15) is 0 Å². The van der Waals surface area contributed by atoms with Crippen LogP contribution in [0, 0.1) is 20.8 Å². The number of nitrogens with one attached hydrogen (secondary N) is 2. The topological polar surface area (TPSA) is 119 Å². The first kappa shape index (κ1) is 24.1. The van der Waals surface area contributed by atoms with Crippen LogP contribution in [0.25, 0.3) is 0 Å². The van der Waals surface area contributed by atoms with Gasteiger partial charge in [0.15, 0.2) is 15.9 Å². The highest BCUT2D eigenvalue weighted by Gasteiger charge is 2.22. The van der Waals surface area contributed by atoms with E-state index in [9.17, 15) is 22.8 Å². The average molecular weight is 447 g/mol. The summed E-state index contributed by atoms with van der Waals surface area (Å²) < 4.78 is 28.6. The summed E-state index contributed by atoms with van der Waals surface area (Å²) in [6.45, 7) is 6.43. The molecule has 0 saturated carbocycles. The van der Waals surface area contributed by atoms with Crippen molar-refractivity contribution in [2.24, 2.45) is 0 Å². The van der Waals surface area contributed by atoms with Crippen LogP contribution in [-0.2, 0) is 24.2 Å². The molecule has 1 atom stereocenters. The van der Waals surface area contributed by atoms with Gasteiger partial charge in [-0.25, -0.2) is 13.2 Å². The van der Waals surface area contributed by atoms with E-state index in [1.165, 1.54) is 25.1 Å². The van der Waals surface area contributed by atoms with Crippen molar-refractivity contribution < 1.29 is 27.5 Å². The van der Waals surface area contributed by atoms with Crippen molar-refractivity contribution in [3.63, 3.8) is 0 Å². The first-order chi connectivity index (χ1) is 14.4. The molecule has 0 radical (unpaired) electrons. The van der Waals surface area contributed by atoms with Crippen molar-refractivity contribution in [2.75, 3.05) is 18.1 Å². The average Bonchev–Trinajstić information content (AvgIpc) is 2.68. The lowest BCUT2D eigenvalue weighted by Crippen LogP contribution is -2.40. The molecule has 166 valence electrons. The molecule has 0 aliphatic rings. The molecule has 9 heteroatoms. The third kappa shape index (κ3) is 6.39. The number of amides is 2. The van der Waals surface area contributed by atoms with Gasteiger partial charge in [-0.15, -0.1) is 0 Å². The summed E-state index contributed by atoms with van der Waals surface area (Å²) in [6, 6.07) is 9.72. The maximum atomic E-state index is 12.4. The minimum absolute atomic E-state index is 0.0228. The molecule has 0 aliphatic carbocycles. The number of anilines is 1. The molecule has 0 unspecified atom stereocenters. The molecule has 31 heavy (non-hydrogen) atoms. The second kappa shape index (κ2) is 9.74. The molecule has 8 nitrogen and oxygen atoms in total. The highest BCUT2D eigenvalue weighted by molar-refractivity contribution is 7.90. The lowest BCUT2D eigenvalue weighted by molar-refractivity contribution is -0.130. The van der Waals surface area contributed by atoms with Crippen LogP contribution >= 0.6 is 0 Å². The van der Waals surface area contributed by atoms with Crippen LogP contribution < -0.4 is 10.6 Å². The van der Waals surface area contributed by atoms with Crippen molar-refractivity contribution in [3.05, 3.63) is 58.7 Å². The number of aryl methyl sites for hydroxylation is 3. The maximum absolute atomic E-state index is 12.4. The molecule has 0 saturated heterocycles. The summed E-state index contributed by atoms with van der Waals surface area (Å²) in [5.74, 6) is -1.89. The van der Waals surface area contributed by atoms with E-state index in [2.05, 4.69) is 10.6 Å². The number of carbonyl (C=O) groups is 3. The summed E-state index contributed by atoms with van der Waals surface area (Å²) in [5, 5.41) is 5.17. The van der Waals surface area contributed by atoms with Crippen molar-refractivity contribution in [3.8, 4) is 0 Å². The van der Waals surface area contributed by atoms with E-state index in [1.807, 2.05) is 32.0 Å². The fourth-order valence-corrected chi connectivity index (χ4v) is 3.48. The van der Waals surface area contributed by atoms with Crippen LogP contribution in [0.5, 0.6) is 0 Å². The first-order valence-electron chi connectivity index (χ1n) is 9.55. The Hall–Kier alpha value is -3.20. The van der Waals surface area contributed by atoms with Gasteiger partial charge in [-0.1, -0.05) is 24.3 Å². The maximum Gasteiger partial charge on any atom is 0.339 e. The summed E-state index contributed by atoms with van der Waals surface area (Å²) >= 11 is 0. The van der Waals surface area contributed by atoms with E-state index in [0.717, 1.165) is 17.4 Å². The lowest BCUT2D eigenvalue weighted by atomic mass is 10.1. The molecule has 0 fully saturated rings. The van der Waals surface area contributed by atoms with Crippen molar-refractivity contribution >= 4 is 33.3 Å². The van der Waals surface area contributed by atoms with Gasteiger partial charge in [0.1, 0.15) is 0 Å². The first-order valence-corrected chi connectivity index (χ1v) is 11.4. The quantitative estimate of drug-likeness (QED) is 0.630. The molecule has 0 aromatic heterocycles. The summed E-state index contributed by atoms with van der Waals surface area (Å²) in [6.07, 6.45) is -0.145. The number of ether oxygens (including phenoxy) is 1. The predicted molar refractivity (Wildman–Crippen MR) is 117 cm³/mol. The Morgan fingerprint density at radius 2 is 1.61 bits per heavy atom. The largest absolute Gasteiger partial charge is 0.449 e. The van der Waals surface area contributed by atoms with E-state index in [1.54, 1.807) is 6.92 Å². The minimum Gasteiger partial charge on any atom is -0.449 e. The number of esters is 1. The predicted octanol–water partition coefficient (Wildman–Crippen LogP) is 2.32. The van der Waals surface area contributed by atoms with E-state index in [-0.39, 0.29) is 17.0 Å². The van der Waals surface area contributed by atoms with E-state index < -0.39 is 33.7 Å². The normalized spacial score (nSPS) is 12.0. The third-order valence-corrected chi connectivity index (χ3v) is 5.79. The molecule has 0 bridgehead atoms. The Labute approximate surface area is 181 Å². The third-order valence-electron chi connectivity index (χ3n) is 4.68. The molecular weight excluding hydrogens is 420 g/mol. The van der Waals surface area contributed by atoms with Gasteiger partial charge in [0, 0.05) is 11.9 Å². The lowest BCUT2D eigenvalue weighted by Gasteiger charge is -2.15. The van der Waals surface area contributed by atoms with Gasteiger partial charge >= 0.3 is 5.97 Å². The second-order valence-corrected chi connectivity index (χ2v) is 9.34. The van der Waals surface area contributed by atoms with Crippen LogP contribution in [0.1, 0.15) is 34.0 Å². The van der Waals surface area contributed by atoms with Crippen LogP contribution in [0.4, 0.5) is 5.69 Å². The fraction of sp³-hybridized carbons (Fsp3) is 0.318. The van der Waals surface area contributed by atoms with Gasteiger partial charge in [0.25, 0.3) is 5.91 Å². The molecule has 0 heterocycles. The highest BCUT2D eigenvalue weighted by Crippen LogP contribution is 2.19. The molecule has 2 rings (SSSR count). The number of hydrogen-bond donors (Lipinski definition) is 2. The monoisotopic (exact) mass is 446 g/mol. The van der Waals surface area contributed by atoms with E-state index >= 15 is 0 Å². The smallest absolute Gasteiger partial charge is 0.339 e. The van der Waals surface area contributed by atoms with Gasteiger partial charge in [-0.3, -0.25) is 9.59 Å². The van der Waals surface area contributed by atoms with E-state index in [4.69, 9.17) is 4.74 Å². The standard InChI is InChI=1S/C22H26N2O6S/c1-13-9-10-17(31(5,28)29)11-18(13)22(27)30-16(4)21(26)23-12-19(25)24-20-14(2)7-6-8-15(20)3/h6-11,16H,12H2,1-5H3,(H,23,26)(H,24,25)/t16-/m0/s1. The van der Waals surface area contributed by atoms with Crippen molar-refractivity contribution in [1.29, 1.82) is 0 Å². The van der Waals surface area contributed by atoms with Gasteiger partial charge < -0.3 is 15.4 Å². The van der Waals surface area contributed by atoms with Crippen molar-refractivity contribution in [2.45, 2.75) is 38.7 Å². The SMILES string of the molecule is Cc1ccc(S(C)(=O)=O)cc1C(=O)O[C@@H](C)C(=O)NCC(=O)Nc1c(C)cccc1C. The minimum atomic E-state index is -3.50. The zero-order chi connectivity index (χ0) is 23.3. The van der Waals surface area contributed by atoms with Crippen LogP contribution in [-0.4, -0.2) is 45.1 Å². The van der Waals surface area contributed by atoms with Crippen LogP contribution in [0.15, 0.2) is 41.3 Å². The van der Waals surface area contributed by atoms with Gasteiger partial charge in [-0.05, 0) is 56.5 Å². The Kier molecular flexibility index (Phi) is 7.56. The summed E-state index contributed by atoms with van der Waals surface area (Å²) in [7, 11) is -3.50. The molecule has 2 aromatic carbocycles. The van der Waals surface area contributed by atoms with Gasteiger partial charge in [0.05, 0.1) is 17.0 Å². The van der Waals surface area contributed by atoms with Gasteiger partial charge in [0.2, 0.25) is 5.91 Å². The number of carbonyl (C=O) groups excluding carboxylic acids is 3. The molecule has 2 aromatic rings. The Balaban J connectivity index is 1.97. The highest BCUT2D eigenvalue weighted by atomic mass is 32.2. The van der Waals surface area contributed by atoms with Crippen molar-refractivity contribution in [1.82, 2.24) is 5.32 Å². The Morgan fingerprint density at radius 3 is 2.19 bits per heavy atom. The van der Waals surface area contributed by atoms with Crippen LogP contribution in [0.3, 0.4) is 0 Å². The summed E-state index contributed by atoms with van der Waals surface area (Å²) in [4.78, 5) is 36.8. The van der Waals surface area contributed by atoms with Crippen LogP contribution in [0.2, 0.25) is 0 Å². The Morgan fingerprint density at radius 1 is 1.00 bits per heavy atom. The Bertz CT molecular complexity index is 1100. The molecule has 0 spiro atoms. The number of benzene rings is 2. The molecule has 2 amide bonds. The molecule has 2 N–H and O–H groups in total. The van der Waals surface area contributed by atoms with E-state index in [0.29, 0.717) is 11.3 Å². The number of para-hydroxylation sites is 1. The second-order valence-electron chi connectivity index (χ2n) is 7.33. The number of sulfone groups is 1. The number of rotatable bonds is 7. The zero-order valence-electron chi connectivity index (χ0n) is 18.1. The zero-order valence-corrected chi connectivity index (χ0v) is 18.9. The molecule has 0 aliphatic heterocycles. The molecular formula is C22H26N2O6S. The summed E-state index contributed by atoms with van der Waals surface area (Å²) in [5.41, 5.74) is 3.04. The number of hydrogen-bond acceptors (Lipinski definition) is 6.